The molecule has 0 radical (unpaired) electrons. The normalized spacial score (nSPS) is 34.8. The quantitative estimate of drug-likeness (QED) is 0.450. The second-order valence-corrected chi connectivity index (χ2v) is 8.94. The highest BCUT2D eigenvalue weighted by molar-refractivity contribution is 5.80. The summed E-state index contributed by atoms with van der Waals surface area (Å²) in [5.74, 6) is -0.903. The average Bonchev–Trinajstić information content (AvgIpc) is 3.47. The number of ether oxygens (including phenoxy) is 4. The van der Waals surface area contributed by atoms with E-state index in [0.717, 1.165) is 38.7 Å². The highest BCUT2D eigenvalue weighted by Gasteiger charge is 2.71. The topological polar surface area (TPSA) is 74.2 Å². The summed E-state index contributed by atoms with van der Waals surface area (Å²) in [6.07, 6.45) is 12.6. The molecule has 0 bridgehead atoms. The van der Waals surface area contributed by atoms with Crippen molar-refractivity contribution in [3.8, 4) is 0 Å². The van der Waals surface area contributed by atoms with E-state index in [-0.39, 0.29) is 0 Å². The Hall–Kier alpha value is -0.690. The minimum Gasteiger partial charge on any atom is -0.479 e. The summed E-state index contributed by atoms with van der Waals surface area (Å²) in [5.41, 5.74) is -2.84. The Kier molecular flexibility index (Phi) is 8.37. The Morgan fingerprint density at radius 1 is 0.862 bits per heavy atom. The third-order valence-electron chi connectivity index (χ3n) is 7.17. The summed E-state index contributed by atoms with van der Waals surface area (Å²) < 4.78 is 24.6. The molecule has 0 aromatic heterocycles. The minimum absolute atomic E-state index is 0.474. The fraction of sp³-hybridized carbons (Fsp3) is 0.957. The van der Waals surface area contributed by atoms with Crippen LogP contribution in [0.3, 0.4) is 0 Å². The standard InChI is InChI=1S/C23H40O6/c1-2-3-4-5-6-7-15-26-19-14-21(11-8-16-27-21)23(13-10-18-29-23)22(20(24)25)12-9-17-28-22/h2-19H2,1H3,(H,24,25)/t21-,22-,23+/m0/s1. The van der Waals surface area contributed by atoms with E-state index in [1.807, 2.05) is 0 Å². The first-order valence-corrected chi connectivity index (χ1v) is 11.9. The van der Waals surface area contributed by atoms with Crippen molar-refractivity contribution < 1.29 is 28.8 Å². The number of carboxylic acids is 1. The van der Waals surface area contributed by atoms with Crippen molar-refractivity contribution in [2.45, 2.75) is 107 Å². The van der Waals surface area contributed by atoms with Gasteiger partial charge in [0.15, 0.2) is 5.60 Å². The van der Waals surface area contributed by atoms with Gasteiger partial charge in [0, 0.05) is 39.5 Å². The zero-order chi connectivity index (χ0) is 20.6. The molecule has 3 heterocycles. The van der Waals surface area contributed by atoms with E-state index in [4.69, 9.17) is 18.9 Å². The maximum atomic E-state index is 12.4. The molecule has 168 valence electrons. The largest absolute Gasteiger partial charge is 0.479 e. The molecule has 0 amide bonds. The number of hydrogen-bond acceptors (Lipinski definition) is 5. The molecule has 0 aromatic rings. The molecule has 1 N–H and O–H groups in total. The van der Waals surface area contributed by atoms with Gasteiger partial charge >= 0.3 is 5.97 Å². The summed E-state index contributed by atoms with van der Waals surface area (Å²) in [4.78, 5) is 12.4. The van der Waals surface area contributed by atoms with Gasteiger partial charge in [0.05, 0.1) is 0 Å². The predicted molar refractivity (Wildman–Crippen MR) is 110 cm³/mol. The van der Waals surface area contributed by atoms with Gasteiger partial charge in [0.2, 0.25) is 0 Å². The fourth-order valence-electron chi connectivity index (χ4n) is 5.72. The predicted octanol–water partition coefficient (Wildman–Crippen LogP) is 4.49. The van der Waals surface area contributed by atoms with Crippen molar-refractivity contribution in [1.82, 2.24) is 0 Å². The molecular weight excluding hydrogens is 372 g/mol. The van der Waals surface area contributed by atoms with Gasteiger partial charge in [0.1, 0.15) is 11.2 Å². The summed E-state index contributed by atoms with van der Waals surface area (Å²) in [6, 6.07) is 0. The van der Waals surface area contributed by atoms with E-state index in [0.29, 0.717) is 45.7 Å². The molecule has 3 rings (SSSR count). The lowest BCUT2D eigenvalue weighted by atomic mass is 9.65. The van der Waals surface area contributed by atoms with E-state index in [1.165, 1.54) is 32.1 Å². The summed E-state index contributed by atoms with van der Waals surface area (Å²) in [6.45, 7) is 5.27. The zero-order valence-electron chi connectivity index (χ0n) is 18.2. The number of unbranched alkanes of at least 4 members (excludes halogenated alkanes) is 5. The SMILES string of the molecule is CCCCCCCCOCC[C@]1([C@@]2([C@@]3(C(=O)O)CCCO3)CCCO2)CCCO1. The van der Waals surface area contributed by atoms with Gasteiger partial charge in [-0.25, -0.2) is 4.79 Å². The lowest BCUT2D eigenvalue weighted by Crippen LogP contribution is -2.70. The molecule has 3 saturated heterocycles. The molecule has 0 spiro atoms. The number of aliphatic carboxylic acids is 1. The average molecular weight is 413 g/mol. The van der Waals surface area contributed by atoms with Crippen molar-refractivity contribution in [2.24, 2.45) is 0 Å². The first-order chi connectivity index (χ1) is 14.1. The van der Waals surface area contributed by atoms with Crippen LogP contribution in [-0.4, -0.2) is 60.9 Å². The van der Waals surface area contributed by atoms with E-state index >= 15 is 0 Å². The second kappa shape index (κ2) is 10.6. The van der Waals surface area contributed by atoms with Gasteiger partial charge in [-0.2, -0.15) is 0 Å². The van der Waals surface area contributed by atoms with Crippen LogP contribution < -0.4 is 0 Å². The molecule has 0 saturated carbocycles. The maximum Gasteiger partial charge on any atom is 0.339 e. The van der Waals surface area contributed by atoms with E-state index in [9.17, 15) is 9.90 Å². The number of carboxylic acid groups (broad SMARTS) is 1. The van der Waals surface area contributed by atoms with Crippen molar-refractivity contribution in [3.05, 3.63) is 0 Å². The molecular formula is C23H40O6. The lowest BCUT2D eigenvalue weighted by molar-refractivity contribution is -0.260. The molecule has 6 heteroatoms. The van der Waals surface area contributed by atoms with Crippen LogP contribution in [0.5, 0.6) is 0 Å². The van der Waals surface area contributed by atoms with Crippen LogP contribution in [0.2, 0.25) is 0 Å². The zero-order valence-corrected chi connectivity index (χ0v) is 18.2. The Morgan fingerprint density at radius 2 is 1.55 bits per heavy atom. The van der Waals surface area contributed by atoms with Crippen LogP contribution in [0.15, 0.2) is 0 Å². The summed E-state index contributed by atoms with van der Waals surface area (Å²) >= 11 is 0. The van der Waals surface area contributed by atoms with Gasteiger partial charge in [-0.15, -0.1) is 0 Å². The Bertz CT molecular complexity index is 501. The Morgan fingerprint density at radius 3 is 2.17 bits per heavy atom. The van der Waals surface area contributed by atoms with Crippen molar-refractivity contribution >= 4 is 5.97 Å². The number of rotatable bonds is 13. The molecule has 0 aromatic carbocycles. The molecule has 6 nitrogen and oxygen atoms in total. The molecule has 3 aliphatic rings. The van der Waals surface area contributed by atoms with Crippen LogP contribution in [0.1, 0.15) is 90.4 Å². The molecule has 3 atom stereocenters. The maximum absolute atomic E-state index is 12.4. The highest BCUT2D eigenvalue weighted by Crippen LogP contribution is 2.56. The molecule has 0 unspecified atom stereocenters. The van der Waals surface area contributed by atoms with Gasteiger partial charge in [-0.05, 0) is 44.9 Å². The molecule has 0 aliphatic carbocycles. The van der Waals surface area contributed by atoms with E-state index in [2.05, 4.69) is 6.92 Å². The van der Waals surface area contributed by atoms with Crippen LogP contribution >= 0.6 is 0 Å². The first kappa shape index (κ1) is 23.0. The van der Waals surface area contributed by atoms with Gasteiger partial charge in [-0.3, -0.25) is 0 Å². The van der Waals surface area contributed by atoms with Crippen molar-refractivity contribution in [1.29, 1.82) is 0 Å². The van der Waals surface area contributed by atoms with Gasteiger partial charge in [-0.1, -0.05) is 39.0 Å². The minimum atomic E-state index is -1.30. The molecule has 3 fully saturated rings. The van der Waals surface area contributed by atoms with Crippen LogP contribution in [0, 0.1) is 0 Å². The first-order valence-electron chi connectivity index (χ1n) is 11.9. The third kappa shape index (κ3) is 4.51. The van der Waals surface area contributed by atoms with Crippen LogP contribution in [-0.2, 0) is 23.7 Å². The molecule has 3 aliphatic heterocycles. The number of hydrogen-bond donors (Lipinski definition) is 1. The third-order valence-corrected chi connectivity index (χ3v) is 7.17. The Balaban J connectivity index is 1.62. The molecule has 29 heavy (non-hydrogen) atoms. The lowest BCUT2D eigenvalue weighted by Gasteiger charge is -2.52. The fourth-order valence-corrected chi connectivity index (χ4v) is 5.72. The van der Waals surface area contributed by atoms with Crippen LogP contribution in [0.4, 0.5) is 0 Å². The van der Waals surface area contributed by atoms with Crippen molar-refractivity contribution in [2.75, 3.05) is 33.0 Å². The Labute approximate surface area is 175 Å². The highest BCUT2D eigenvalue weighted by atomic mass is 16.6. The smallest absolute Gasteiger partial charge is 0.339 e. The summed E-state index contributed by atoms with van der Waals surface area (Å²) in [7, 11) is 0. The van der Waals surface area contributed by atoms with Gasteiger partial charge in [0.25, 0.3) is 0 Å². The van der Waals surface area contributed by atoms with E-state index < -0.39 is 22.8 Å². The van der Waals surface area contributed by atoms with Gasteiger partial charge < -0.3 is 24.1 Å². The monoisotopic (exact) mass is 412 g/mol. The van der Waals surface area contributed by atoms with E-state index in [1.54, 1.807) is 0 Å². The second-order valence-electron chi connectivity index (χ2n) is 8.94. The summed E-state index contributed by atoms with van der Waals surface area (Å²) in [5, 5.41) is 10.2. The van der Waals surface area contributed by atoms with Crippen LogP contribution in [0.25, 0.3) is 0 Å². The number of carbonyl (C=O) groups is 1. The van der Waals surface area contributed by atoms with Crippen molar-refractivity contribution in [3.63, 3.8) is 0 Å².